The van der Waals surface area contributed by atoms with Crippen LogP contribution in [0.25, 0.3) is 0 Å². The number of carbonyl (C=O) groups excluding carboxylic acids is 1. The van der Waals surface area contributed by atoms with Crippen LogP contribution >= 0.6 is 0 Å². The third kappa shape index (κ3) is 2.99. The largest absolute Gasteiger partial charge is 0.495 e. The van der Waals surface area contributed by atoms with Gasteiger partial charge in [0.2, 0.25) is 0 Å². The van der Waals surface area contributed by atoms with Gasteiger partial charge >= 0.3 is 0 Å². The van der Waals surface area contributed by atoms with Gasteiger partial charge in [-0.2, -0.15) is 0 Å². The fourth-order valence-corrected chi connectivity index (χ4v) is 2.35. The molecule has 0 bridgehead atoms. The molecule has 0 atom stereocenters. The number of methoxy groups -OCH3 is 1. The number of rotatable bonds is 3. The number of nitrogens with two attached hydrogens (primary N) is 1. The van der Waals surface area contributed by atoms with Crippen LogP contribution in [0.5, 0.6) is 5.75 Å². The van der Waals surface area contributed by atoms with E-state index in [-0.39, 0.29) is 5.91 Å². The summed E-state index contributed by atoms with van der Waals surface area (Å²) in [5, 5.41) is 0. The van der Waals surface area contributed by atoms with E-state index in [1.807, 2.05) is 26.0 Å². The number of para-hydroxylation sites is 1. The standard InChI is InChI=1S/C17H20N2O2/c1-11-8-12(2)10-13(9-11)19(3)17(20)14-6-5-7-15(21-4)16(14)18/h5-10H,18H2,1-4H3. The summed E-state index contributed by atoms with van der Waals surface area (Å²) in [5.41, 5.74) is 9.88. The Morgan fingerprint density at radius 2 is 1.76 bits per heavy atom. The number of nitrogens with zero attached hydrogens (tertiary/aromatic N) is 1. The topological polar surface area (TPSA) is 55.6 Å². The second-order valence-corrected chi connectivity index (χ2v) is 5.13. The minimum atomic E-state index is -0.156. The van der Waals surface area contributed by atoms with E-state index in [1.54, 1.807) is 30.1 Å². The lowest BCUT2D eigenvalue weighted by Gasteiger charge is -2.20. The number of carbonyl (C=O) groups is 1. The third-order valence-electron chi connectivity index (χ3n) is 3.41. The number of hydrogen-bond donors (Lipinski definition) is 1. The van der Waals surface area contributed by atoms with Crippen LogP contribution in [-0.4, -0.2) is 20.1 Å². The number of anilines is 2. The van der Waals surface area contributed by atoms with E-state index in [1.165, 1.54) is 7.11 Å². The lowest BCUT2D eigenvalue weighted by atomic mass is 10.1. The van der Waals surface area contributed by atoms with Gasteiger partial charge in [-0.15, -0.1) is 0 Å². The van der Waals surface area contributed by atoms with Crippen LogP contribution in [0.3, 0.4) is 0 Å². The minimum Gasteiger partial charge on any atom is -0.495 e. The van der Waals surface area contributed by atoms with Crippen molar-refractivity contribution in [3.8, 4) is 5.75 Å². The second kappa shape index (κ2) is 5.87. The summed E-state index contributed by atoms with van der Waals surface area (Å²) in [6, 6.07) is 11.2. The van der Waals surface area contributed by atoms with Crippen LogP contribution in [-0.2, 0) is 0 Å². The Labute approximate surface area is 125 Å². The highest BCUT2D eigenvalue weighted by Crippen LogP contribution is 2.27. The predicted molar refractivity (Wildman–Crippen MR) is 86.1 cm³/mol. The molecule has 2 rings (SSSR count). The van der Waals surface area contributed by atoms with Crippen LogP contribution in [0.4, 0.5) is 11.4 Å². The molecule has 0 aromatic heterocycles. The van der Waals surface area contributed by atoms with Crippen molar-refractivity contribution < 1.29 is 9.53 Å². The van der Waals surface area contributed by atoms with Crippen LogP contribution in [0.2, 0.25) is 0 Å². The summed E-state index contributed by atoms with van der Waals surface area (Å²) in [6.45, 7) is 4.02. The Morgan fingerprint density at radius 1 is 1.14 bits per heavy atom. The van der Waals surface area contributed by atoms with E-state index < -0.39 is 0 Å². The molecule has 2 aromatic carbocycles. The Balaban J connectivity index is 2.39. The van der Waals surface area contributed by atoms with E-state index in [4.69, 9.17) is 10.5 Å². The van der Waals surface area contributed by atoms with E-state index in [9.17, 15) is 4.79 Å². The molecule has 0 saturated heterocycles. The Morgan fingerprint density at radius 3 is 2.33 bits per heavy atom. The smallest absolute Gasteiger partial charge is 0.260 e. The first-order valence-electron chi connectivity index (χ1n) is 6.73. The molecule has 0 aliphatic carbocycles. The molecule has 4 nitrogen and oxygen atoms in total. The lowest BCUT2D eigenvalue weighted by Crippen LogP contribution is -2.27. The first-order valence-corrected chi connectivity index (χ1v) is 6.73. The molecule has 110 valence electrons. The zero-order valence-corrected chi connectivity index (χ0v) is 12.8. The van der Waals surface area contributed by atoms with Crippen molar-refractivity contribution in [1.82, 2.24) is 0 Å². The first-order chi connectivity index (χ1) is 9.93. The highest BCUT2D eigenvalue weighted by atomic mass is 16.5. The minimum absolute atomic E-state index is 0.156. The molecule has 4 heteroatoms. The van der Waals surface area contributed by atoms with Gasteiger partial charge in [-0.1, -0.05) is 12.1 Å². The third-order valence-corrected chi connectivity index (χ3v) is 3.41. The Hall–Kier alpha value is -2.49. The molecule has 0 spiro atoms. The van der Waals surface area contributed by atoms with Crippen molar-refractivity contribution in [1.29, 1.82) is 0 Å². The molecule has 2 N–H and O–H groups in total. The fraction of sp³-hybridized carbons (Fsp3) is 0.235. The van der Waals surface area contributed by atoms with Gasteiger partial charge in [-0.3, -0.25) is 4.79 Å². The van der Waals surface area contributed by atoms with Gasteiger partial charge in [0.25, 0.3) is 5.91 Å². The fourth-order valence-electron chi connectivity index (χ4n) is 2.35. The Bertz CT molecular complexity index is 660. The van der Waals surface area contributed by atoms with Gasteiger partial charge in [-0.25, -0.2) is 0 Å². The number of benzene rings is 2. The average molecular weight is 284 g/mol. The molecular formula is C17H20N2O2. The van der Waals surface area contributed by atoms with Crippen LogP contribution in [0.15, 0.2) is 36.4 Å². The molecule has 0 aliphatic rings. The van der Waals surface area contributed by atoms with Gasteiger partial charge in [0.15, 0.2) is 0 Å². The monoisotopic (exact) mass is 284 g/mol. The summed E-state index contributed by atoms with van der Waals surface area (Å²) in [4.78, 5) is 14.2. The summed E-state index contributed by atoms with van der Waals surface area (Å²) >= 11 is 0. The number of hydrogen-bond acceptors (Lipinski definition) is 3. The van der Waals surface area contributed by atoms with Gasteiger partial charge in [-0.05, 0) is 49.2 Å². The van der Waals surface area contributed by atoms with Crippen molar-refractivity contribution in [3.63, 3.8) is 0 Å². The van der Waals surface area contributed by atoms with Crippen LogP contribution < -0.4 is 15.4 Å². The second-order valence-electron chi connectivity index (χ2n) is 5.13. The van der Waals surface area contributed by atoms with Gasteiger partial charge in [0.05, 0.1) is 18.4 Å². The maximum absolute atomic E-state index is 12.6. The van der Waals surface area contributed by atoms with E-state index in [0.29, 0.717) is 17.0 Å². The number of ether oxygens (including phenoxy) is 1. The molecule has 0 heterocycles. The molecule has 0 saturated carbocycles. The SMILES string of the molecule is COc1cccc(C(=O)N(C)c2cc(C)cc(C)c2)c1N. The van der Waals surface area contributed by atoms with Crippen LogP contribution in [0.1, 0.15) is 21.5 Å². The lowest BCUT2D eigenvalue weighted by molar-refractivity contribution is 0.0993. The number of amides is 1. The van der Waals surface area contributed by atoms with E-state index in [0.717, 1.165) is 16.8 Å². The maximum Gasteiger partial charge on any atom is 0.260 e. The molecule has 0 radical (unpaired) electrons. The first kappa shape index (κ1) is 14.9. The molecular weight excluding hydrogens is 264 g/mol. The van der Waals surface area contributed by atoms with E-state index in [2.05, 4.69) is 6.07 Å². The highest BCUT2D eigenvalue weighted by Gasteiger charge is 2.18. The van der Waals surface area contributed by atoms with Crippen molar-refractivity contribution in [2.75, 3.05) is 24.8 Å². The zero-order chi connectivity index (χ0) is 15.6. The van der Waals surface area contributed by atoms with Gasteiger partial charge < -0.3 is 15.4 Å². The normalized spacial score (nSPS) is 10.3. The molecule has 21 heavy (non-hydrogen) atoms. The summed E-state index contributed by atoms with van der Waals surface area (Å²) in [5.74, 6) is 0.353. The maximum atomic E-state index is 12.6. The molecule has 1 amide bonds. The molecule has 0 fully saturated rings. The molecule has 0 unspecified atom stereocenters. The highest BCUT2D eigenvalue weighted by molar-refractivity contribution is 6.09. The number of aryl methyl sites for hydroxylation is 2. The van der Waals surface area contributed by atoms with E-state index >= 15 is 0 Å². The predicted octanol–water partition coefficient (Wildman–Crippen LogP) is 3.17. The summed E-state index contributed by atoms with van der Waals surface area (Å²) in [6.07, 6.45) is 0. The van der Waals surface area contributed by atoms with Gasteiger partial charge in [0, 0.05) is 12.7 Å². The zero-order valence-electron chi connectivity index (χ0n) is 12.8. The van der Waals surface area contributed by atoms with Crippen LogP contribution in [0, 0.1) is 13.8 Å². The van der Waals surface area contributed by atoms with Crippen molar-refractivity contribution in [2.45, 2.75) is 13.8 Å². The molecule has 0 aliphatic heterocycles. The number of nitrogen functional groups attached to an aromatic ring is 1. The average Bonchev–Trinajstić information content (AvgIpc) is 2.45. The summed E-state index contributed by atoms with van der Waals surface area (Å²) < 4.78 is 5.16. The quantitative estimate of drug-likeness (QED) is 0.881. The Kier molecular flexibility index (Phi) is 4.17. The van der Waals surface area contributed by atoms with Crippen molar-refractivity contribution in [3.05, 3.63) is 53.1 Å². The van der Waals surface area contributed by atoms with Crippen molar-refractivity contribution in [2.24, 2.45) is 0 Å². The summed E-state index contributed by atoms with van der Waals surface area (Å²) in [7, 11) is 3.28. The van der Waals surface area contributed by atoms with Gasteiger partial charge in [0.1, 0.15) is 5.75 Å². The molecule has 2 aromatic rings. The van der Waals surface area contributed by atoms with Crippen molar-refractivity contribution >= 4 is 17.3 Å².